The summed E-state index contributed by atoms with van der Waals surface area (Å²) in [4.78, 5) is 16.2. The molecule has 0 saturated heterocycles. The fraction of sp³-hybridized carbons (Fsp3) is 0.0667. The molecular weight excluding hydrogens is 273 g/mol. The van der Waals surface area contributed by atoms with Crippen LogP contribution in [0.4, 0.5) is 10.1 Å². The van der Waals surface area contributed by atoms with Crippen LogP contribution in [0, 0.1) is 5.82 Å². The first-order valence-corrected chi connectivity index (χ1v) is 6.29. The molecule has 21 heavy (non-hydrogen) atoms. The van der Waals surface area contributed by atoms with Crippen molar-refractivity contribution in [3.63, 3.8) is 0 Å². The summed E-state index contributed by atoms with van der Waals surface area (Å²) in [6, 6.07) is 7.59. The summed E-state index contributed by atoms with van der Waals surface area (Å²) in [6.45, 7) is 0.231. The monoisotopic (exact) mass is 285 g/mol. The van der Waals surface area contributed by atoms with Gasteiger partial charge in [0.1, 0.15) is 17.3 Å². The molecule has 0 fully saturated rings. The number of fused-ring (bicyclic) bond motifs is 1. The van der Waals surface area contributed by atoms with Crippen molar-refractivity contribution in [2.45, 2.75) is 6.54 Å². The molecule has 1 amide bonds. The van der Waals surface area contributed by atoms with Gasteiger partial charge in [0.05, 0.1) is 12.8 Å². The number of rotatable bonds is 3. The van der Waals surface area contributed by atoms with Crippen molar-refractivity contribution < 1.29 is 13.6 Å². The minimum Gasteiger partial charge on any atom is -0.467 e. The van der Waals surface area contributed by atoms with Crippen LogP contribution in [0.3, 0.4) is 0 Å². The van der Waals surface area contributed by atoms with Crippen LogP contribution in [0.2, 0.25) is 0 Å². The molecule has 6 heteroatoms. The van der Waals surface area contributed by atoms with Crippen molar-refractivity contribution in [2.24, 2.45) is 0 Å². The lowest BCUT2D eigenvalue weighted by Gasteiger charge is -2.08. The maximum absolute atomic E-state index is 13.5. The summed E-state index contributed by atoms with van der Waals surface area (Å²) in [5, 5.41) is 3.65. The number of furan rings is 1. The number of hydrogen-bond donors (Lipinski definition) is 2. The summed E-state index contributed by atoms with van der Waals surface area (Å²) in [7, 11) is 0. The van der Waals surface area contributed by atoms with E-state index >= 15 is 0 Å². The first kappa shape index (κ1) is 13.1. The van der Waals surface area contributed by atoms with Gasteiger partial charge in [-0.15, -0.1) is 0 Å². The summed E-state index contributed by atoms with van der Waals surface area (Å²) in [6.07, 6.45) is 2.99. The fourth-order valence-corrected chi connectivity index (χ4v) is 2.12. The second-order valence-corrected chi connectivity index (χ2v) is 4.51. The predicted molar refractivity (Wildman–Crippen MR) is 76.0 cm³/mol. The minimum atomic E-state index is -0.506. The molecule has 2 aromatic heterocycles. The van der Waals surface area contributed by atoms with Gasteiger partial charge in [-0.25, -0.2) is 4.39 Å². The number of halogens is 1. The number of nitrogens with zero attached hydrogens (tertiary/aromatic N) is 1. The van der Waals surface area contributed by atoms with E-state index in [1.807, 2.05) is 0 Å². The van der Waals surface area contributed by atoms with Gasteiger partial charge in [-0.2, -0.15) is 0 Å². The summed E-state index contributed by atoms with van der Waals surface area (Å²) in [5.41, 5.74) is 6.16. The number of anilines is 1. The van der Waals surface area contributed by atoms with Crippen molar-refractivity contribution in [1.82, 2.24) is 10.3 Å². The van der Waals surface area contributed by atoms with Crippen LogP contribution < -0.4 is 11.1 Å². The standard InChI is InChI=1S/C15H12FN3O2/c16-9-6-12-11(13(17)7-9)3-4-18-14(12)15(20)19-8-10-2-1-5-21-10/h1-7H,8,17H2,(H,19,20). The highest BCUT2D eigenvalue weighted by molar-refractivity contribution is 6.07. The van der Waals surface area contributed by atoms with Gasteiger partial charge in [-0.3, -0.25) is 9.78 Å². The number of nitrogen functional groups attached to an aromatic ring is 1. The van der Waals surface area contributed by atoms with Crippen molar-refractivity contribution in [3.8, 4) is 0 Å². The van der Waals surface area contributed by atoms with E-state index in [-0.39, 0.29) is 17.9 Å². The Kier molecular flexibility index (Phi) is 3.27. The third kappa shape index (κ3) is 2.55. The number of aromatic nitrogens is 1. The molecule has 3 aromatic rings. The highest BCUT2D eigenvalue weighted by atomic mass is 19.1. The van der Waals surface area contributed by atoms with Gasteiger partial charge in [0.2, 0.25) is 0 Å². The Morgan fingerprint density at radius 1 is 1.33 bits per heavy atom. The van der Waals surface area contributed by atoms with Crippen LogP contribution in [-0.2, 0) is 6.54 Å². The zero-order valence-electron chi connectivity index (χ0n) is 11.0. The lowest BCUT2D eigenvalue weighted by molar-refractivity contribution is 0.0945. The Bertz CT molecular complexity index is 800. The van der Waals surface area contributed by atoms with E-state index < -0.39 is 11.7 Å². The second-order valence-electron chi connectivity index (χ2n) is 4.51. The minimum absolute atomic E-state index is 0.130. The van der Waals surface area contributed by atoms with Gasteiger partial charge < -0.3 is 15.5 Å². The number of carbonyl (C=O) groups excluding carboxylic acids is 1. The molecule has 0 atom stereocenters. The van der Waals surface area contributed by atoms with Crippen LogP contribution in [0.15, 0.2) is 47.2 Å². The number of nitrogens with two attached hydrogens (primary N) is 1. The molecule has 0 bridgehead atoms. The SMILES string of the molecule is Nc1cc(F)cc2c(C(=O)NCc3ccco3)nccc12. The smallest absolute Gasteiger partial charge is 0.270 e. The van der Waals surface area contributed by atoms with E-state index in [1.54, 1.807) is 18.2 Å². The first-order valence-electron chi connectivity index (χ1n) is 6.29. The third-order valence-corrected chi connectivity index (χ3v) is 3.10. The number of pyridine rings is 1. The zero-order valence-corrected chi connectivity index (χ0v) is 11.0. The molecule has 5 nitrogen and oxygen atoms in total. The summed E-state index contributed by atoms with van der Waals surface area (Å²) < 4.78 is 18.6. The van der Waals surface area contributed by atoms with E-state index in [2.05, 4.69) is 10.3 Å². The van der Waals surface area contributed by atoms with Crippen molar-refractivity contribution >= 4 is 22.4 Å². The Balaban J connectivity index is 1.94. The third-order valence-electron chi connectivity index (χ3n) is 3.10. The molecule has 2 heterocycles. The van der Waals surface area contributed by atoms with Gasteiger partial charge in [0, 0.05) is 22.7 Å². The molecule has 0 unspecified atom stereocenters. The number of hydrogen-bond acceptors (Lipinski definition) is 4. The predicted octanol–water partition coefficient (Wildman–Crippen LogP) is 2.48. The number of nitrogens with one attached hydrogen (secondary N) is 1. The van der Waals surface area contributed by atoms with Crippen LogP contribution in [0.5, 0.6) is 0 Å². The quantitative estimate of drug-likeness (QED) is 0.724. The average molecular weight is 285 g/mol. The van der Waals surface area contributed by atoms with Gasteiger partial charge in [0.25, 0.3) is 5.91 Å². The molecule has 0 aliphatic rings. The maximum Gasteiger partial charge on any atom is 0.270 e. The Hall–Kier alpha value is -2.89. The van der Waals surface area contributed by atoms with Gasteiger partial charge in [0.15, 0.2) is 0 Å². The van der Waals surface area contributed by atoms with Gasteiger partial charge >= 0.3 is 0 Å². The number of amides is 1. The fourth-order valence-electron chi connectivity index (χ4n) is 2.12. The molecule has 106 valence electrons. The second kappa shape index (κ2) is 5.24. The van der Waals surface area contributed by atoms with Crippen LogP contribution >= 0.6 is 0 Å². The van der Waals surface area contributed by atoms with Gasteiger partial charge in [-0.05, 0) is 30.3 Å². The largest absolute Gasteiger partial charge is 0.467 e. The normalized spacial score (nSPS) is 10.7. The molecule has 0 aliphatic heterocycles. The highest BCUT2D eigenvalue weighted by Gasteiger charge is 2.14. The van der Waals surface area contributed by atoms with Crippen LogP contribution in [-0.4, -0.2) is 10.9 Å². The highest BCUT2D eigenvalue weighted by Crippen LogP contribution is 2.24. The van der Waals surface area contributed by atoms with E-state index in [9.17, 15) is 9.18 Å². The van der Waals surface area contributed by atoms with Crippen LogP contribution in [0.25, 0.3) is 10.8 Å². The van der Waals surface area contributed by atoms with E-state index in [0.717, 1.165) is 0 Å². The van der Waals surface area contributed by atoms with Crippen molar-refractivity contribution in [1.29, 1.82) is 0 Å². The molecule has 3 N–H and O–H groups in total. The maximum atomic E-state index is 13.5. The van der Waals surface area contributed by atoms with E-state index in [1.165, 1.54) is 24.6 Å². The number of carbonyl (C=O) groups is 1. The Morgan fingerprint density at radius 2 is 2.19 bits per heavy atom. The van der Waals surface area contributed by atoms with Crippen LogP contribution in [0.1, 0.15) is 16.2 Å². The summed E-state index contributed by atoms with van der Waals surface area (Å²) >= 11 is 0. The number of benzene rings is 1. The van der Waals surface area contributed by atoms with E-state index in [0.29, 0.717) is 16.5 Å². The molecule has 0 aliphatic carbocycles. The van der Waals surface area contributed by atoms with Crippen molar-refractivity contribution in [2.75, 3.05) is 5.73 Å². The van der Waals surface area contributed by atoms with Gasteiger partial charge in [-0.1, -0.05) is 0 Å². The molecule has 1 aromatic carbocycles. The lowest BCUT2D eigenvalue weighted by atomic mass is 10.1. The first-order chi connectivity index (χ1) is 10.1. The Labute approximate surface area is 119 Å². The lowest BCUT2D eigenvalue weighted by Crippen LogP contribution is -2.23. The molecular formula is C15H12FN3O2. The van der Waals surface area contributed by atoms with Crippen molar-refractivity contribution in [3.05, 3.63) is 60.1 Å². The van der Waals surface area contributed by atoms with E-state index in [4.69, 9.17) is 10.2 Å². The topological polar surface area (TPSA) is 81.2 Å². The molecule has 0 radical (unpaired) electrons. The Morgan fingerprint density at radius 3 is 2.95 bits per heavy atom. The molecule has 3 rings (SSSR count). The zero-order chi connectivity index (χ0) is 14.8. The molecule has 0 saturated carbocycles. The average Bonchev–Trinajstić information content (AvgIpc) is 2.97. The summed E-state index contributed by atoms with van der Waals surface area (Å²) in [5.74, 6) is -0.302. The molecule has 0 spiro atoms.